The minimum atomic E-state index is 0.0204. The van der Waals surface area contributed by atoms with Crippen LogP contribution in [-0.2, 0) is 22.6 Å². The van der Waals surface area contributed by atoms with Crippen molar-refractivity contribution in [1.82, 2.24) is 10.2 Å². The molecule has 0 saturated heterocycles. The summed E-state index contributed by atoms with van der Waals surface area (Å²) in [5.41, 5.74) is 9.52. The molecule has 3 rings (SSSR count). The van der Waals surface area contributed by atoms with Gasteiger partial charge in [-0.15, -0.1) is 0 Å². The molecule has 2 unspecified atom stereocenters. The number of fused-ring (bicyclic) bond motifs is 1. The topological polar surface area (TPSA) is 75.4 Å². The molecule has 0 radical (unpaired) electrons. The molecule has 2 aromatic carbocycles. The summed E-state index contributed by atoms with van der Waals surface area (Å²) < 4.78 is 1.13. The summed E-state index contributed by atoms with van der Waals surface area (Å²) in [6.45, 7) is 3.21. The van der Waals surface area contributed by atoms with Crippen molar-refractivity contribution in [2.75, 3.05) is 13.6 Å². The summed E-state index contributed by atoms with van der Waals surface area (Å²) in [7, 11) is 1.96. The fraction of sp³-hybridized carbons (Fsp3) is 0.391. The van der Waals surface area contributed by atoms with E-state index < -0.39 is 0 Å². The average molecular weight is 460 g/mol. The second-order valence-corrected chi connectivity index (χ2v) is 8.07. The Hall–Kier alpha value is -2.02. The number of benzene rings is 2. The number of nitrogens with two attached hydrogens (primary N) is 1. The Kier molecular flexibility index (Phi) is 9.51. The quantitative estimate of drug-likeness (QED) is 0.646. The van der Waals surface area contributed by atoms with Crippen molar-refractivity contribution in [3.05, 3.63) is 69.7 Å². The van der Waals surface area contributed by atoms with Crippen LogP contribution in [0.1, 0.15) is 42.5 Å². The molecule has 0 aliphatic carbocycles. The lowest BCUT2D eigenvalue weighted by atomic mass is 9.93. The molecule has 2 aromatic rings. The number of carbonyl (C=O) groups is 2. The monoisotopic (exact) mass is 459 g/mol. The largest absolute Gasteiger partial charge is 0.334 e. The predicted molar refractivity (Wildman–Crippen MR) is 120 cm³/mol. The van der Waals surface area contributed by atoms with Crippen LogP contribution in [0.15, 0.2) is 53.0 Å². The first-order chi connectivity index (χ1) is 14.0. The molecule has 1 aliphatic heterocycles. The number of carbonyl (C=O) groups excluding carboxylic acids is 2. The third-order valence-corrected chi connectivity index (χ3v) is 5.76. The molecule has 3 N–H and O–H groups in total. The van der Waals surface area contributed by atoms with Crippen LogP contribution in [0.2, 0.25) is 0 Å². The van der Waals surface area contributed by atoms with E-state index in [9.17, 15) is 9.59 Å². The van der Waals surface area contributed by atoms with Crippen LogP contribution in [-0.4, -0.2) is 36.7 Å². The van der Waals surface area contributed by atoms with Gasteiger partial charge in [-0.25, -0.2) is 0 Å². The van der Waals surface area contributed by atoms with E-state index >= 15 is 0 Å². The highest BCUT2D eigenvalue weighted by Gasteiger charge is 2.28. The van der Waals surface area contributed by atoms with Gasteiger partial charge in [0.05, 0.1) is 0 Å². The van der Waals surface area contributed by atoms with Gasteiger partial charge in [0.2, 0.25) is 5.91 Å². The Balaban J connectivity index is 0.000000234. The van der Waals surface area contributed by atoms with Crippen LogP contribution in [0, 0.1) is 0 Å². The van der Waals surface area contributed by atoms with Gasteiger partial charge in [-0.3, -0.25) is 4.79 Å². The fourth-order valence-electron chi connectivity index (χ4n) is 3.33. The lowest BCUT2D eigenvalue weighted by Gasteiger charge is -2.36. The molecule has 2 atom stereocenters. The molecular formula is C23H30BrN3O2. The highest BCUT2D eigenvalue weighted by Crippen LogP contribution is 2.23. The van der Waals surface area contributed by atoms with Crippen LogP contribution in [0.25, 0.3) is 0 Å². The fourth-order valence-corrected chi connectivity index (χ4v) is 3.60. The summed E-state index contributed by atoms with van der Waals surface area (Å²) in [4.78, 5) is 24.2. The zero-order valence-electron chi connectivity index (χ0n) is 17.1. The van der Waals surface area contributed by atoms with Gasteiger partial charge in [-0.1, -0.05) is 52.3 Å². The van der Waals surface area contributed by atoms with Crippen LogP contribution >= 0.6 is 15.9 Å². The van der Waals surface area contributed by atoms with Crippen molar-refractivity contribution in [3.63, 3.8) is 0 Å². The van der Waals surface area contributed by atoms with Crippen molar-refractivity contribution in [2.45, 2.75) is 44.8 Å². The normalized spacial score (nSPS) is 16.3. The number of hydrogen-bond acceptors (Lipinski definition) is 4. The SMILES string of the molecule is CNC(C)c1ccc(Br)cc1.NCC1Cc2ccccc2CN1C(=O)CCC=O. The van der Waals surface area contributed by atoms with Gasteiger partial charge < -0.3 is 20.7 Å². The van der Waals surface area contributed by atoms with Crippen LogP contribution in [0.4, 0.5) is 0 Å². The average Bonchev–Trinajstić information content (AvgIpc) is 2.76. The number of aldehydes is 1. The standard InChI is InChI=1S/C14H18N2O2.C9H12BrN/c15-9-13-8-11-4-1-2-5-12(11)10-16(13)14(18)6-3-7-17;1-7(11-2)8-3-5-9(10)6-4-8/h1-2,4-5,7,13H,3,6,8-10,15H2;3-7,11H,1-2H3. The molecule has 0 fully saturated rings. The first kappa shape index (κ1) is 23.3. The molecule has 0 bridgehead atoms. The Labute approximate surface area is 181 Å². The first-order valence-corrected chi connectivity index (χ1v) is 10.7. The molecule has 1 aliphatic rings. The van der Waals surface area contributed by atoms with Gasteiger partial charge in [0, 0.05) is 42.5 Å². The Morgan fingerprint density at radius 2 is 1.90 bits per heavy atom. The van der Waals surface area contributed by atoms with Crippen LogP contribution < -0.4 is 11.1 Å². The summed E-state index contributed by atoms with van der Waals surface area (Å²) in [6.07, 6.45) is 2.16. The third-order valence-electron chi connectivity index (χ3n) is 5.23. The lowest BCUT2D eigenvalue weighted by Crippen LogP contribution is -2.48. The molecule has 6 heteroatoms. The highest BCUT2D eigenvalue weighted by atomic mass is 79.9. The first-order valence-electron chi connectivity index (χ1n) is 9.92. The maximum absolute atomic E-state index is 12.0. The van der Waals surface area contributed by atoms with E-state index in [0.29, 0.717) is 19.1 Å². The molecule has 1 amide bonds. The zero-order chi connectivity index (χ0) is 21.2. The number of rotatable bonds is 6. The predicted octanol–water partition coefficient (Wildman–Crippen LogP) is 3.61. The second kappa shape index (κ2) is 11.9. The van der Waals surface area contributed by atoms with Crippen molar-refractivity contribution in [3.8, 4) is 0 Å². The minimum absolute atomic E-state index is 0.0204. The minimum Gasteiger partial charge on any atom is -0.334 e. The molecular weight excluding hydrogens is 430 g/mol. The molecule has 0 saturated carbocycles. The molecule has 0 aromatic heterocycles. The molecule has 29 heavy (non-hydrogen) atoms. The number of halogens is 1. The van der Waals surface area contributed by atoms with E-state index in [1.807, 2.05) is 30.1 Å². The number of hydrogen-bond donors (Lipinski definition) is 2. The number of amides is 1. The van der Waals surface area contributed by atoms with Crippen molar-refractivity contribution in [1.29, 1.82) is 0 Å². The molecule has 0 spiro atoms. The van der Waals surface area contributed by atoms with Crippen molar-refractivity contribution >= 4 is 28.1 Å². The maximum Gasteiger partial charge on any atom is 0.223 e. The van der Waals surface area contributed by atoms with Crippen molar-refractivity contribution < 1.29 is 9.59 Å². The van der Waals surface area contributed by atoms with Gasteiger partial charge in [0.25, 0.3) is 0 Å². The number of nitrogens with zero attached hydrogens (tertiary/aromatic N) is 1. The van der Waals surface area contributed by atoms with Crippen LogP contribution in [0.3, 0.4) is 0 Å². The van der Waals surface area contributed by atoms with E-state index in [1.54, 1.807) is 0 Å². The van der Waals surface area contributed by atoms with E-state index in [-0.39, 0.29) is 24.8 Å². The van der Waals surface area contributed by atoms with E-state index in [4.69, 9.17) is 5.73 Å². The van der Waals surface area contributed by atoms with Gasteiger partial charge in [0.1, 0.15) is 6.29 Å². The Morgan fingerprint density at radius 1 is 1.24 bits per heavy atom. The third kappa shape index (κ3) is 6.77. The molecule has 5 nitrogen and oxygen atoms in total. The summed E-state index contributed by atoms with van der Waals surface area (Å²) >= 11 is 3.40. The smallest absolute Gasteiger partial charge is 0.223 e. The van der Waals surface area contributed by atoms with Gasteiger partial charge in [0.15, 0.2) is 0 Å². The zero-order valence-corrected chi connectivity index (χ0v) is 18.7. The van der Waals surface area contributed by atoms with Gasteiger partial charge >= 0.3 is 0 Å². The maximum atomic E-state index is 12.0. The lowest BCUT2D eigenvalue weighted by molar-refractivity contribution is -0.135. The van der Waals surface area contributed by atoms with Crippen molar-refractivity contribution in [2.24, 2.45) is 5.73 Å². The Bertz CT molecular complexity index is 795. The summed E-state index contributed by atoms with van der Waals surface area (Å²) in [5, 5.41) is 3.19. The molecule has 156 valence electrons. The van der Waals surface area contributed by atoms with E-state index in [2.05, 4.69) is 58.5 Å². The number of nitrogens with one attached hydrogen (secondary N) is 1. The van der Waals surface area contributed by atoms with E-state index in [0.717, 1.165) is 17.2 Å². The highest BCUT2D eigenvalue weighted by molar-refractivity contribution is 9.10. The molecule has 1 heterocycles. The summed E-state index contributed by atoms with van der Waals surface area (Å²) in [5.74, 6) is 0.0204. The van der Waals surface area contributed by atoms with Gasteiger partial charge in [-0.2, -0.15) is 0 Å². The van der Waals surface area contributed by atoms with E-state index in [1.165, 1.54) is 16.7 Å². The summed E-state index contributed by atoms with van der Waals surface area (Å²) in [6, 6.07) is 17.0. The second-order valence-electron chi connectivity index (χ2n) is 7.15. The van der Waals surface area contributed by atoms with Gasteiger partial charge in [-0.05, 0) is 49.2 Å². The Morgan fingerprint density at radius 3 is 2.48 bits per heavy atom. The van der Waals surface area contributed by atoms with Crippen LogP contribution in [0.5, 0.6) is 0 Å².